The Balaban J connectivity index is 2.78. The molecule has 0 aliphatic carbocycles. The molecular formula is C14H19FO4. The molecule has 0 amide bonds. The second kappa shape index (κ2) is 7.86. The lowest BCUT2D eigenvalue weighted by Crippen LogP contribution is -2.25. The fourth-order valence-corrected chi connectivity index (χ4v) is 1.71. The van der Waals surface area contributed by atoms with E-state index in [1.807, 2.05) is 13.8 Å². The molecule has 0 unspecified atom stereocenters. The largest absolute Gasteiger partial charge is 0.487 e. The van der Waals surface area contributed by atoms with E-state index in [0.717, 1.165) is 6.07 Å². The highest BCUT2D eigenvalue weighted by Gasteiger charge is 2.13. The zero-order valence-corrected chi connectivity index (χ0v) is 11.4. The van der Waals surface area contributed by atoms with Gasteiger partial charge in [0.1, 0.15) is 18.2 Å². The molecule has 0 fully saturated rings. The van der Waals surface area contributed by atoms with Gasteiger partial charge in [-0.05, 0) is 38.5 Å². The van der Waals surface area contributed by atoms with Gasteiger partial charge in [-0.1, -0.05) is 0 Å². The van der Waals surface area contributed by atoms with Crippen molar-refractivity contribution in [1.82, 2.24) is 0 Å². The smallest absolute Gasteiger partial charge is 0.191 e. The molecule has 0 atom stereocenters. The summed E-state index contributed by atoms with van der Waals surface area (Å²) in [6, 6.07) is 2.46. The number of carbonyl (C=O) groups is 1. The summed E-state index contributed by atoms with van der Waals surface area (Å²) in [6.45, 7) is 6.53. The van der Waals surface area contributed by atoms with Crippen molar-refractivity contribution in [2.24, 2.45) is 0 Å². The van der Waals surface area contributed by atoms with E-state index in [1.54, 1.807) is 6.92 Å². The second-order valence-electron chi connectivity index (χ2n) is 3.91. The van der Waals surface area contributed by atoms with Crippen LogP contribution in [0.2, 0.25) is 0 Å². The van der Waals surface area contributed by atoms with E-state index in [2.05, 4.69) is 0 Å². The summed E-state index contributed by atoms with van der Waals surface area (Å²) >= 11 is 0. The Morgan fingerprint density at radius 3 is 2.42 bits per heavy atom. The fourth-order valence-electron chi connectivity index (χ4n) is 1.71. The first-order valence-electron chi connectivity index (χ1n) is 6.23. The predicted molar refractivity (Wildman–Crippen MR) is 69.1 cm³/mol. The molecule has 19 heavy (non-hydrogen) atoms. The van der Waals surface area contributed by atoms with Gasteiger partial charge in [0.05, 0.1) is 5.56 Å². The van der Waals surface area contributed by atoms with Crippen molar-refractivity contribution >= 4 is 6.29 Å². The lowest BCUT2D eigenvalue weighted by atomic mass is 10.1. The van der Waals surface area contributed by atoms with Crippen LogP contribution in [0.5, 0.6) is 5.75 Å². The number of benzene rings is 1. The number of hydrogen-bond donors (Lipinski definition) is 0. The summed E-state index contributed by atoms with van der Waals surface area (Å²) in [5, 5.41) is 0. The molecular weight excluding hydrogens is 251 g/mol. The van der Waals surface area contributed by atoms with Crippen molar-refractivity contribution in [3.05, 3.63) is 29.1 Å². The minimum absolute atomic E-state index is 0.148. The molecule has 0 bridgehead atoms. The van der Waals surface area contributed by atoms with Crippen molar-refractivity contribution < 1.29 is 23.4 Å². The molecule has 1 aromatic carbocycles. The average Bonchev–Trinajstić information content (AvgIpc) is 2.37. The topological polar surface area (TPSA) is 44.8 Å². The Morgan fingerprint density at radius 1 is 1.26 bits per heavy atom. The molecule has 0 saturated carbocycles. The Bertz CT molecular complexity index is 414. The summed E-state index contributed by atoms with van der Waals surface area (Å²) in [7, 11) is 0. The molecule has 106 valence electrons. The van der Waals surface area contributed by atoms with Crippen molar-refractivity contribution in [2.45, 2.75) is 27.1 Å². The van der Waals surface area contributed by atoms with Crippen molar-refractivity contribution in [3.63, 3.8) is 0 Å². The SMILES string of the molecule is CCOC(COc1c(C)cc(F)cc1C=O)OCC. The van der Waals surface area contributed by atoms with Crippen LogP contribution in [0.25, 0.3) is 0 Å². The number of hydrogen-bond acceptors (Lipinski definition) is 4. The minimum Gasteiger partial charge on any atom is -0.487 e. The van der Waals surface area contributed by atoms with E-state index in [1.165, 1.54) is 6.07 Å². The fraction of sp³-hybridized carbons (Fsp3) is 0.500. The van der Waals surface area contributed by atoms with E-state index in [9.17, 15) is 9.18 Å². The number of carbonyl (C=O) groups excluding carboxylic acids is 1. The van der Waals surface area contributed by atoms with Crippen LogP contribution < -0.4 is 4.74 Å². The van der Waals surface area contributed by atoms with Gasteiger partial charge in [-0.15, -0.1) is 0 Å². The third-order valence-electron chi connectivity index (χ3n) is 2.46. The van der Waals surface area contributed by atoms with Gasteiger partial charge in [-0.2, -0.15) is 0 Å². The zero-order valence-electron chi connectivity index (χ0n) is 11.4. The summed E-state index contributed by atoms with van der Waals surface area (Å²) in [5.74, 6) is -0.0982. The summed E-state index contributed by atoms with van der Waals surface area (Å²) in [6.07, 6.45) is 0.0702. The number of halogens is 1. The van der Waals surface area contributed by atoms with Crippen molar-refractivity contribution in [3.8, 4) is 5.75 Å². The van der Waals surface area contributed by atoms with Crippen LogP contribution in [-0.4, -0.2) is 32.4 Å². The summed E-state index contributed by atoms with van der Waals surface area (Å²) in [4.78, 5) is 10.9. The van der Waals surface area contributed by atoms with E-state index in [-0.39, 0.29) is 12.2 Å². The van der Waals surface area contributed by atoms with Crippen LogP contribution in [0, 0.1) is 12.7 Å². The molecule has 1 rings (SSSR count). The Kier molecular flexibility index (Phi) is 6.45. The average molecular weight is 270 g/mol. The molecule has 5 heteroatoms. The quantitative estimate of drug-likeness (QED) is 0.538. The van der Waals surface area contributed by atoms with Gasteiger partial charge in [0.2, 0.25) is 0 Å². The molecule has 0 spiro atoms. The Labute approximate surface area is 112 Å². The van der Waals surface area contributed by atoms with Crippen LogP contribution in [0.15, 0.2) is 12.1 Å². The third kappa shape index (κ3) is 4.61. The monoisotopic (exact) mass is 270 g/mol. The van der Waals surface area contributed by atoms with Crippen LogP contribution in [-0.2, 0) is 9.47 Å². The van der Waals surface area contributed by atoms with Gasteiger partial charge in [-0.3, -0.25) is 4.79 Å². The van der Waals surface area contributed by atoms with E-state index < -0.39 is 12.1 Å². The van der Waals surface area contributed by atoms with Gasteiger partial charge >= 0.3 is 0 Å². The molecule has 0 N–H and O–H groups in total. The van der Waals surface area contributed by atoms with Crippen LogP contribution >= 0.6 is 0 Å². The molecule has 4 nitrogen and oxygen atoms in total. The third-order valence-corrected chi connectivity index (χ3v) is 2.46. The molecule has 0 saturated heterocycles. The van der Waals surface area contributed by atoms with Crippen LogP contribution in [0.1, 0.15) is 29.8 Å². The second-order valence-corrected chi connectivity index (χ2v) is 3.91. The molecule has 0 heterocycles. The van der Waals surface area contributed by atoms with E-state index in [0.29, 0.717) is 30.8 Å². The predicted octanol–water partition coefficient (Wildman–Crippen LogP) is 2.72. The Morgan fingerprint density at radius 2 is 1.89 bits per heavy atom. The molecule has 0 aromatic heterocycles. The van der Waals surface area contributed by atoms with Gasteiger partial charge in [0, 0.05) is 13.2 Å². The first kappa shape index (κ1) is 15.6. The molecule has 0 aliphatic rings. The number of aldehydes is 1. The molecule has 1 aromatic rings. The number of aryl methyl sites for hydroxylation is 1. The maximum Gasteiger partial charge on any atom is 0.191 e. The van der Waals surface area contributed by atoms with Crippen LogP contribution in [0.3, 0.4) is 0 Å². The van der Waals surface area contributed by atoms with Gasteiger partial charge < -0.3 is 14.2 Å². The van der Waals surface area contributed by atoms with Gasteiger partial charge in [-0.25, -0.2) is 4.39 Å². The maximum absolute atomic E-state index is 13.2. The first-order valence-corrected chi connectivity index (χ1v) is 6.23. The van der Waals surface area contributed by atoms with Gasteiger partial charge in [0.25, 0.3) is 0 Å². The normalized spacial score (nSPS) is 10.8. The number of ether oxygens (including phenoxy) is 3. The first-order chi connectivity index (χ1) is 9.12. The highest BCUT2D eigenvalue weighted by molar-refractivity contribution is 5.80. The van der Waals surface area contributed by atoms with E-state index >= 15 is 0 Å². The lowest BCUT2D eigenvalue weighted by molar-refractivity contribution is -0.152. The van der Waals surface area contributed by atoms with Gasteiger partial charge in [0.15, 0.2) is 12.6 Å². The molecule has 0 aliphatic heterocycles. The molecule has 0 radical (unpaired) electrons. The lowest BCUT2D eigenvalue weighted by Gasteiger charge is -2.19. The highest BCUT2D eigenvalue weighted by atomic mass is 19.1. The van der Waals surface area contributed by atoms with Crippen molar-refractivity contribution in [2.75, 3.05) is 19.8 Å². The minimum atomic E-state index is -0.501. The summed E-state index contributed by atoms with van der Waals surface area (Å²) < 4.78 is 29.4. The Hall–Kier alpha value is -1.46. The number of rotatable bonds is 8. The summed E-state index contributed by atoms with van der Waals surface area (Å²) in [5.41, 5.74) is 0.748. The van der Waals surface area contributed by atoms with Crippen molar-refractivity contribution in [1.29, 1.82) is 0 Å². The van der Waals surface area contributed by atoms with Crippen LogP contribution in [0.4, 0.5) is 4.39 Å². The zero-order chi connectivity index (χ0) is 14.3. The maximum atomic E-state index is 13.2. The highest BCUT2D eigenvalue weighted by Crippen LogP contribution is 2.24. The van der Waals surface area contributed by atoms with E-state index in [4.69, 9.17) is 14.2 Å². The standard InChI is InChI=1S/C14H19FO4/c1-4-17-13(18-5-2)9-19-14-10(3)6-12(15)7-11(14)8-16/h6-8,13H,4-5,9H2,1-3H3.